The Morgan fingerprint density at radius 1 is 1.35 bits per heavy atom. The van der Waals surface area contributed by atoms with E-state index >= 15 is 0 Å². The normalized spacial score (nSPS) is 26.2. The van der Waals surface area contributed by atoms with Crippen LogP contribution in [-0.4, -0.2) is 0 Å². The second kappa shape index (κ2) is 5.02. The first-order valence-corrected chi connectivity index (χ1v) is 6.70. The molecule has 1 saturated carbocycles. The second-order valence-corrected chi connectivity index (χ2v) is 5.71. The minimum absolute atomic E-state index is 0.0260. The van der Waals surface area contributed by atoms with E-state index in [2.05, 4.69) is 22.9 Å². The Morgan fingerprint density at radius 3 is 2.65 bits per heavy atom. The third kappa shape index (κ3) is 2.38. The summed E-state index contributed by atoms with van der Waals surface area (Å²) in [6.07, 6.45) is 3.14. The molecule has 1 aliphatic carbocycles. The van der Waals surface area contributed by atoms with Crippen molar-refractivity contribution in [2.45, 2.75) is 32.2 Å². The van der Waals surface area contributed by atoms with Crippen molar-refractivity contribution in [3.05, 3.63) is 33.8 Å². The Hall–Kier alpha value is -0.480. The van der Waals surface area contributed by atoms with Gasteiger partial charge in [0, 0.05) is 11.6 Å². The predicted octanol–water partition coefficient (Wildman–Crippen LogP) is 4.16. The Kier molecular flexibility index (Phi) is 3.83. The maximum atomic E-state index is 13.9. The van der Waals surface area contributed by atoms with Gasteiger partial charge in [-0.15, -0.1) is 0 Å². The van der Waals surface area contributed by atoms with Crippen LogP contribution in [0, 0.1) is 23.5 Å². The molecular weight excluding hydrogens is 288 g/mol. The highest BCUT2D eigenvalue weighted by Crippen LogP contribution is 2.40. The Morgan fingerprint density at radius 2 is 2.06 bits per heavy atom. The number of hydrogen-bond donors (Lipinski definition) is 1. The SMILES string of the molecule is CC1CCCC1C(N)c1c(F)ccc(Br)c1F. The monoisotopic (exact) mass is 303 g/mol. The van der Waals surface area contributed by atoms with E-state index in [-0.39, 0.29) is 16.0 Å². The lowest BCUT2D eigenvalue weighted by Gasteiger charge is -2.24. The van der Waals surface area contributed by atoms with Gasteiger partial charge in [-0.05, 0) is 46.3 Å². The van der Waals surface area contributed by atoms with Crippen LogP contribution in [0.1, 0.15) is 37.8 Å². The highest BCUT2D eigenvalue weighted by Gasteiger charge is 2.32. The van der Waals surface area contributed by atoms with Crippen LogP contribution in [0.2, 0.25) is 0 Å². The van der Waals surface area contributed by atoms with E-state index in [0.29, 0.717) is 5.92 Å². The van der Waals surface area contributed by atoms with Crippen molar-refractivity contribution in [1.82, 2.24) is 0 Å². The van der Waals surface area contributed by atoms with E-state index in [0.717, 1.165) is 19.3 Å². The molecule has 0 spiro atoms. The number of halogens is 3. The van der Waals surface area contributed by atoms with Crippen LogP contribution in [0.4, 0.5) is 8.78 Å². The Labute approximate surface area is 109 Å². The van der Waals surface area contributed by atoms with Crippen LogP contribution >= 0.6 is 15.9 Å². The Bertz CT molecular complexity index is 422. The van der Waals surface area contributed by atoms with E-state index in [1.807, 2.05) is 0 Å². The van der Waals surface area contributed by atoms with Gasteiger partial charge in [0.15, 0.2) is 0 Å². The quantitative estimate of drug-likeness (QED) is 0.816. The molecule has 3 unspecified atom stereocenters. The molecule has 2 N–H and O–H groups in total. The molecule has 0 radical (unpaired) electrons. The van der Waals surface area contributed by atoms with Crippen LogP contribution in [0.3, 0.4) is 0 Å². The number of rotatable bonds is 2. The second-order valence-electron chi connectivity index (χ2n) is 4.85. The average Bonchev–Trinajstić information content (AvgIpc) is 2.70. The molecule has 17 heavy (non-hydrogen) atoms. The zero-order valence-electron chi connectivity index (χ0n) is 9.72. The molecule has 0 aliphatic heterocycles. The van der Waals surface area contributed by atoms with Crippen molar-refractivity contribution >= 4 is 15.9 Å². The van der Waals surface area contributed by atoms with Crippen molar-refractivity contribution in [2.75, 3.05) is 0 Å². The molecule has 2 rings (SSSR count). The molecule has 0 aromatic heterocycles. The van der Waals surface area contributed by atoms with Crippen molar-refractivity contribution in [3.8, 4) is 0 Å². The molecular formula is C13H16BrF2N. The van der Waals surface area contributed by atoms with Gasteiger partial charge < -0.3 is 5.73 Å². The zero-order valence-corrected chi connectivity index (χ0v) is 11.3. The molecule has 94 valence electrons. The molecule has 4 heteroatoms. The van der Waals surface area contributed by atoms with Crippen LogP contribution in [-0.2, 0) is 0 Å². The minimum Gasteiger partial charge on any atom is -0.324 e. The van der Waals surface area contributed by atoms with Gasteiger partial charge in [-0.3, -0.25) is 0 Å². The van der Waals surface area contributed by atoms with Gasteiger partial charge >= 0.3 is 0 Å². The largest absolute Gasteiger partial charge is 0.324 e. The molecule has 1 nitrogen and oxygen atoms in total. The summed E-state index contributed by atoms with van der Waals surface area (Å²) in [7, 11) is 0. The van der Waals surface area contributed by atoms with Gasteiger partial charge in [-0.1, -0.05) is 19.8 Å². The van der Waals surface area contributed by atoms with Crippen LogP contribution in [0.15, 0.2) is 16.6 Å². The molecule has 0 bridgehead atoms. The lowest BCUT2D eigenvalue weighted by atomic mass is 9.86. The molecule has 0 amide bonds. The van der Waals surface area contributed by atoms with Crippen LogP contribution in [0.5, 0.6) is 0 Å². The summed E-state index contributed by atoms with van der Waals surface area (Å²) in [6, 6.07) is 2.09. The van der Waals surface area contributed by atoms with Gasteiger partial charge in [0.05, 0.1) is 4.47 Å². The summed E-state index contributed by atoms with van der Waals surface area (Å²) in [5.41, 5.74) is 6.09. The third-order valence-corrected chi connectivity index (χ3v) is 4.41. The van der Waals surface area contributed by atoms with Crippen molar-refractivity contribution in [3.63, 3.8) is 0 Å². The molecule has 1 aliphatic rings. The first-order valence-electron chi connectivity index (χ1n) is 5.91. The predicted molar refractivity (Wildman–Crippen MR) is 67.5 cm³/mol. The first kappa shape index (κ1) is 13.0. The van der Waals surface area contributed by atoms with E-state index in [1.165, 1.54) is 12.1 Å². The lowest BCUT2D eigenvalue weighted by Crippen LogP contribution is -2.25. The van der Waals surface area contributed by atoms with E-state index in [4.69, 9.17) is 5.73 Å². The Balaban J connectivity index is 2.36. The fraction of sp³-hybridized carbons (Fsp3) is 0.538. The molecule has 0 heterocycles. The van der Waals surface area contributed by atoms with Crippen molar-refractivity contribution in [2.24, 2.45) is 17.6 Å². The lowest BCUT2D eigenvalue weighted by molar-refractivity contribution is 0.335. The van der Waals surface area contributed by atoms with Crippen LogP contribution in [0.25, 0.3) is 0 Å². The average molecular weight is 304 g/mol. The van der Waals surface area contributed by atoms with Crippen molar-refractivity contribution in [1.29, 1.82) is 0 Å². The summed E-state index contributed by atoms with van der Waals surface area (Å²) in [5, 5.41) is 0. The van der Waals surface area contributed by atoms with Crippen molar-refractivity contribution < 1.29 is 8.78 Å². The molecule has 3 atom stereocenters. The minimum atomic E-state index is -0.559. The highest BCUT2D eigenvalue weighted by molar-refractivity contribution is 9.10. The summed E-state index contributed by atoms with van der Waals surface area (Å²) in [6.45, 7) is 2.10. The topological polar surface area (TPSA) is 26.0 Å². The standard InChI is InChI=1S/C13H16BrF2N/c1-7-3-2-4-8(7)13(17)11-10(15)6-5-9(14)12(11)16/h5-8,13H,2-4,17H2,1H3. The van der Waals surface area contributed by atoms with E-state index in [1.54, 1.807) is 0 Å². The maximum absolute atomic E-state index is 13.9. The molecule has 1 fully saturated rings. The van der Waals surface area contributed by atoms with Gasteiger partial charge in [0.1, 0.15) is 11.6 Å². The molecule has 1 aromatic rings. The van der Waals surface area contributed by atoms with Gasteiger partial charge in [-0.2, -0.15) is 0 Å². The van der Waals surface area contributed by atoms with E-state index < -0.39 is 17.7 Å². The van der Waals surface area contributed by atoms with E-state index in [9.17, 15) is 8.78 Å². The highest BCUT2D eigenvalue weighted by atomic mass is 79.9. The number of nitrogens with two attached hydrogens (primary N) is 1. The molecule has 0 saturated heterocycles. The summed E-state index contributed by atoms with van der Waals surface area (Å²) < 4.78 is 27.9. The summed E-state index contributed by atoms with van der Waals surface area (Å²) in [4.78, 5) is 0. The summed E-state index contributed by atoms with van der Waals surface area (Å²) in [5.74, 6) is -0.495. The molecule has 1 aromatic carbocycles. The van der Waals surface area contributed by atoms with Gasteiger partial charge in [0.2, 0.25) is 0 Å². The third-order valence-electron chi connectivity index (χ3n) is 3.80. The smallest absolute Gasteiger partial charge is 0.145 e. The zero-order chi connectivity index (χ0) is 12.6. The first-order chi connectivity index (χ1) is 8.02. The fourth-order valence-corrected chi connectivity index (χ4v) is 3.12. The summed E-state index contributed by atoms with van der Waals surface area (Å²) >= 11 is 3.07. The fourth-order valence-electron chi connectivity index (χ4n) is 2.77. The van der Waals surface area contributed by atoms with Crippen LogP contribution < -0.4 is 5.73 Å². The maximum Gasteiger partial charge on any atom is 0.145 e. The number of benzene rings is 1. The van der Waals surface area contributed by atoms with Gasteiger partial charge in [-0.25, -0.2) is 8.78 Å². The van der Waals surface area contributed by atoms with Gasteiger partial charge in [0.25, 0.3) is 0 Å². The number of hydrogen-bond acceptors (Lipinski definition) is 1.